The monoisotopic (exact) mass is 561 g/mol. The fourth-order valence-electron chi connectivity index (χ4n) is 4.97. The van der Waals surface area contributed by atoms with Crippen molar-refractivity contribution in [1.29, 1.82) is 0 Å². The SMILES string of the molecule is C[C](C)=[Zr+2][C]1(C2C(CCCO[Si](C)(C)C)=Cc3ccccc32)C=Cc2ccccc21.[Cl-].[Cl-]. The summed E-state index contributed by atoms with van der Waals surface area (Å²) in [5, 5.41) is 0. The van der Waals surface area contributed by atoms with Gasteiger partial charge in [0.15, 0.2) is 0 Å². The predicted molar refractivity (Wildman–Crippen MR) is 129 cm³/mol. The van der Waals surface area contributed by atoms with Gasteiger partial charge in [0.1, 0.15) is 0 Å². The van der Waals surface area contributed by atoms with Crippen LogP contribution in [0.3, 0.4) is 0 Å². The Morgan fingerprint density at radius 2 is 1.62 bits per heavy atom. The van der Waals surface area contributed by atoms with Crippen molar-refractivity contribution in [3.8, 4) is 0 Å². The summed E-state index contributed by atoms with van der Waals surface area (Å²) in [6.45, 7) is 12.4. The van der Waals surface area contributed by atoms with Gasteiger partial charge in [0, 0.05) is 0 Å². The molecule has 5 heteroatoms. The minimum atomic E-state index is -1.45. The molecular weight excluding hydrogens is 531 g/mol. The minimum Gasteiger partial charge on any atom is -1.00 e. The number of halogens is 2. The van der Waals surface area contributed by atoms with Gasteiger partial charge in [-0.2, -0.15) is 0 Å². The fourth-order valence-corrected chi connectivity index (χ4v) is 10.3. The molecule has 0 bridgehead atoms. The quantitative estimate of drug-likeness (QED) is 0.361. The molecule has 0 N–H and O–H groups in total. The Morgan fingerprint density at radius 1 is 0.969 bits per heavy atom. The van der Waals surface area contributed by atoms with E-state index in [1.165, 1.54) is 16.7 Å². The van der Waals surface area contributed by atoms with Gasteiger partial charge in [-0.05, 0) is 0 Å². The zero-order valence-electron chi connectivity index (χ0n) is 19.7. The van der Waals surface area contributed by atoms with Crippen LogP contribution >= 0.6 is 0 Å². The Hall–Kier alpha value is -0.570. The van der Waals surface area contributed by atoms with E-state index >= 15 is 0 Å². The molecule has 0 saturated carbocycles. The van der Waals surface area contributed by atoms with E-state index in [2.05, 4.69) is 100 Å². The molecule has 169 valence electrons. The van der Waals surface area contributed by atoms with Gasteiger partial charge in [0.25, 0.3) is 0 Å². The molecule has 0 aromatic heterocycles. The van der Waals surface area contributed by atoms with Gasteiger partial charge in [-0.15, -0.1) is 0 Å². The zero-order valence-corrected chi connectivity index (χ0v) is 24.7. The second kappa shape index (κ2) is 11.2. The maximum absolute atomic E-state index is 6.18. The van der Waals surface area contributed by atoms with Gasteiger partial charge in [-0.1, -0.05) is 0 Å². The standard InChI is InChI=1S/C24H27OSi.C3H6.2ClH.Zr/c1-26(2,3)25-16-8-11-20-17-19-10-5-7-13-22(19)24(20)23-15-14-18-9-4-6-12-21(18)23;1-3-2;;;/h4-7,9-10,12-15,17,24H,8,11,16H2,1-3H3;1-2H3;2*1H;/q;;;;+2/p-2. The first kappa shape index (κ1) is 27.7. The van der Waals surface area contributed by atoms with E-state index in [4.69, 9.17) is 4.43 Å². The Labute approximate surface area is 218 Å². The van der Waals surface area contributed by atoms with Gasteiger partial charge in [-0.25, -0.2) is 0 Å². The molecule has 0 aliphatic heterocycles. The number of allylic oxidation sites excluding steroid dienone is 2. The number of hydrogen-bond donors (Lipinski definition) is 0. The molecule has 2 atom stereocenters. The largest absolute Gasteiger partial charge is 1.00 e. The molecule has 2 aromatic carbocycles. The molecule has 0 radical (unpaired) electrons. The van der Waals surface area contributed by atoms with Crippen LogP contribution in [-0.4, -0.2) is 18.1 Å². The van der Waals surface area contributed by atoms with E-state index in [1.54, 1.807) is 14.3 Å². The van der Waals surface area contributed by atoms with Crippen molar-refractivity contribution < 1.29 is 52.0 Å². The third-order valence-electron chi connectivity index (χ3n) is 6.01. The van der Waals surface area contributed by atoms with Crippen LogP contribution in [0.5, 0.6) is 0 Å². The third kappa shape index (κ3) is 5.73. The van der Waals surface area contributed by atoms with E-state index in [0.29, 0.717) is 5.92 Å². The van der Waals surface area contributed by atoms with Crippen LogP contribution in [0.2, 0.25) is 19.6 Å². The van der Waals surface area contributed by atoms with Gasteiger partial charge < -0.3 is 24.8 Å². The molecule has 2 aliphatic carbocycles. The summed E-state index contributed by atoms with van der Waals surface area (Å²) in [4.78, 5) is 0. The Morgan fingerprint density at radius 3 is 2.31 bits per heavy atom. The molecule has 0 amide bonds. The molecule has 0 heterocycles. The second-order valence-corrected chi connectivity index (χ2v) is 19.4. The van der Waals surface area contributed by atoms with Crippen molar-refractivity contribution in [1.82, 2.24) is 0 Å². The van der Waals surface area contributed by atoms with Crippen molar-refractivity contribution in [3.63, 3.8) is 0 Å². The normalized spacial score (nSPS) is 20.4. The summed E-state index contributed by atoms with van der Waals surface area (Å²) < 4.78 is 8.01. The van der Waals surface area contributed by atoms with Gasteiger partial charge >= 0.3 is 195 Å². The van der Waals surface area contributed by atoms with Crippen LogP contribution in [0.25, 0.3) is 12.2 Å². The van der Waals surface area contributed by atoms with E-state index < -0.39 is 31.1 Å². The first-order chi connectivity index (χ1) is 14.3. The average molecular weight is 564 g/mol. The molecule has 2 aliphatic rings. The van der Waals surface area contributed by atoms with Crippen molar-refractivity contribution in [2.24, 2.45) is 0 Å². The Balaban J connectivity index is 0.00000181. The Bertz CT molecular complexity index is 1030. The molecule has 4 rings (SSSR count). The van der Waals surface area contributed by atoms with Crippen LogP contribution in [0.15, 0.2) is 60.2 Å². The van der Waals surface area contributed by atoms with Crippen LogP contribution < -0.4 is 24.8 Å². The van der Waals surface area contributed by atoms with E-state index in [0.717, 1.165) is 19.4 Å². The average Bonchev–Trinajstić information content (AvgIpc) is 3.23. The second-order valence-electron chi connectivity index (χ2n) is 9.76. The summed E-state index contributed by atoms with van der Waals surface area (Å²) in [5.41, 5.74) is 7.55. The first-order valence-electron chi connectivity index (χ1n) is 11.1. The zero-order chi connectivity index (χ0) is 21.4. The van der Waals surface area contributed by atoms with Gasteiger partial charge in [0.2, 0.25) is 0 Å². The van der Waals surface area contributed by atoms with E-state index in [1.807, 2.05) is 0 Å². The fraction of sp³-hybridized carbons (Fsp3) is 0.370. The summed E-state index contributed by atoms with van der Waals surface area (Å²) in [7, 11) is -1.45. The minimum absolute atomic E-state index is 0. The summed E-state index contributed by atoms with van der Waals surface area (Å²) in [6.07, 6.45) is 9.71. The molecule has 0 spiro atoms. The maximum atomic E-state index is 6.18. The number of rotatable bonds is 7. The summed E-state index contributed by atoms with van der Waals surface area (Å²) in [6, 6.07) is 18.2. The van der Waals surface area contributed by atoms with Crippen LogP contribution in [-0.2, 0) is 30.3 Å². The van der Waals surface area contributed by atoms with Crippen molar-refractivity contribution in [2.45, 2.75) is 55.4 Å². The maximum Gasteiger partial charge on any atom is -1.00 e. The topological polar surface area (TPSA) is 9.23 Å². The molecule has 2 aromatic rings. The van der Waals surface area contributed by atoms with Crippen LogP contribution in [0, 0.1) is 0 Å². The van der Waals surface area contributed by atoms with Crippen molar-refractivity contribution in [2.75, 3.05) is 6.61 Å². The Kier molecular flexibility index (Phi) is 9.72. The molecule has 0 saturated heterocycles. The molecule has 0 fully saturated rings. The third-order valence-corrected chi connectivity index (χ3v) is 11.1. The van der Waals surface area contributed by atoms with Crippen molar-refractivity contribution in [3.05, 3.63) is 82.4 Å². The summed E-state index contributed by atoms with van der Waals surface area (Å²) >= 11 is -0.831. The molecule has 32 heavy (non-hydrogen) atoms. The van der Waals surface area contributed by atoms with Gasteiger partial charge in [0.05, 0.1) is 0 Å². The summed E-state index contributed by atoms with van der Waals surface area (Å²) in [5.74, 6) is 0.474. The van der Waals surface area contributed by atoms with Gasteiger partial charge in [-0.3, -0.25) is 0 Å². The molecule has 2 unspecified atom stereocenters. The molecular formula is C27H33Cl2OSiZr. The van der Waals surface area contributed by atoms with Crippen LogP contribution in [0.1, 0.15) is 54.9 Å². The first-order valence-corrected chi connectivity index (χ1v) is 17.0. The van der Waals surface area contributed by atoms with E-state index in [9.17, 15) is 0 Å². The van der Waals surface area contributed by atoms with E-state index in [-0.39, 0.29) is 27.9 Å². The predicted octanol–water partition coefficient (Wildman–Crippen LogP) is 1.02. The van der Waals surface area contributed by atoms with Crippen molar-refractivity contribution >= 4 is 23.7 Å². The van der Waals surface area contributed by atoms with Crippen LogP contribution in [0.4, 0.5) is 0 Å². The number of benzene rings is 2. The number of fused-ring (bicyclic) bond motifs is 2. The molecule has 1 nitrogen and oxygen atoms in total. The number of hydrogen-bond acceptors (Lipinski definition) is 1. The smallest absolute Gasteiger partial charge is 1.00 e.